The summed E-state index contributed by atoms with van der Waals surface area (Å²) in [5.74, 6) is -0.286. The Bertz CT molecular complexity index is 425. The highest BCUT2D eigenvalue weighted by molar-refractivity contribution is 6.37. The van der Waals surface area contributed by atoms with Gasteiger partial charge in [0, 0.05) is 5.69 Å². The summed E-state index contributed by atoms with van der Waals surface area (Å²) >= 11 is 11.5. The zero-order chi connectivity index (χ0) is 12.4. The molecule has 100 valence electrons. The quantitative estimate of drug-likeness (QED) is 0.736. The predicted molar refractivity (Wildman–Crippen MR) is 75.0 cm³/mol. The van der Waals surface area contributed by atoms with Gasteiger partial charge in [0.15, 0.2) is 5.75 Å². The Kier molecular flexibility index (Phi) is 5.53. The van der Waals surface area contributed by atoms with E-state index in [0.717, 1.165) is 19.4 Å². The molecular formula is C11H13Cl3N2O2. The van der Waals surface area contributed by atoms with Gasteiger partial charge in [0.1, 0.15) is 0 Å². The lowest BCUT2D eigenvalue weighted by Gasteiger charge is -2.12. The molecule has 1 saturated heterocycles. The molecule has 0 spiro atoms. The first-order valence-corrected chi connectivity index (χ1v) is 6.06. The van der Waals surface area contributed by atoms with Crippen molar-refractivity contribution in [3.05, 3.63) is 22.2 Å². The van der Waals surface area contributed by atoms with Crippen LogP contribution in [0.4, 0.5) is 5.69 Å². The molecule has 7 heteroatoms. The maximum Gasteiger partial charge on any atom is 0.241 e. The highest BCUT2D eigenvalue weighted by Gasteiger charge is 2.22. The smallest absolute Gasteiger partial charge is 0.241 e. The third-order valence-electron chi connectivity index (χ3n) is 2.66. The van der Waals surface area contributed by atoms with Crippen LogP contribution >= 0.6 is 35.6 Å². The number of hydrogen-bond acceptors (Lipinski definition) is 3. The lowest BCUT2D eigenvalue weighted by atomic mass is 10.2. The lowest BCUT2D eigenvalue weighted by molar-refractivity contribution is -0.117. The molecule has 3 N–H and O–H groups in total. The number of aromatic hydroxyl groups is 1. The number of phenolic OH excluding ortho intramolecular Hbond substituents is 1. The number of phenols is 1. The average Bonchev–Trinajstić information content (AvgIpc) is 2.79. The van der Waals surface area contributed by atoms with Crippen LogP contribution in [0.1, 0.15) is 12.8 Å². The summed E-state index contributed by atoms with van der Waals surface area (Å²) in [5.41, 5.74) is 0.483. The largest absolute Gasteiger partial charge is 0.505 e. The Morgan fingerprint density at radius 2 is 2.00 bits per heavy atom. The molecule has 0 aromatic heterocycles. The third kappa shape index (κ3) is 3.42. The molecule has 1 atom stereocenters. The van der Waals surface area contributed by atoms with Crippen molar-refractivity contribution in [2.45, 2.75) is 18.9 Å². The zero-order valence-electron chi connectivity index (χ0n) is 9.37. The van der Waals surface area contributed by atoms with Crippen LogP contribution in [-0.2, 0) is 4.79 Å². The fraction of sp³-hybridized carbons (Fsp3) is 0.364. The Morgan fingerprint density at radius 3 is 2.50 bits per heavy atom. The van der Waals surface area contributed by atoms with Crippen LogP contribution < -0.4 is 10.6 Å². The third-order valence-corrected chi connectivity index (χ3v) is 3.24. The maximum absolute atomic E-state index is 11.8. The van der Waals surface area contributed by atoms with Gasteiger partial charge in [0.2, 0.25) is 5.91 Å². The molecule has 1 amide bonds. The summed E-state index contributed by atoms with van der Waals surface area (Å²) in [5, 5.41) is 15.4. The van der Waals surface area contributed by atoms with E-state index in [-0.39, 0.29) is 40.2 Å². The number of amides is 1. The Hall–Kier alpha value is -0.680. The van der Waals surface area contributed by atoms with Gasteiger partial charge >= 0.3 is 0 Å². The number of benzene rings is 1. The normalized spacial score (nSPS) is 18.2. The molecule has 0 radical (unpaired) electrons. The van der Waals surface area contributed by atoms with E-state index in [2.05, 4.69) is 10.6 Å². The van der Waals surface area contributed by atoms with Crippen molar-refractivity contribution in [2.75, 3.05) is 11.9 Å². The first-order valence-electron chi connectivity index (χ1n) is 5.30. The number of carbonyl (C=O) groups is 1. The average molecular weight is 312 g/mol. The molecule has 1 aromatic rings. The zero-order valence-corrected chi connectivity index (χ0v) is 11.7. The molecule has 1 fully saturated rings. The standard InChI is InChI=1S/C11H12Cl2N2O2.ClH/c12-7-4-6(5-8(13)10(7)16)15-11(17)9-2-1-3-14-9;/h4-5,9,14,16H,1-3H2,(H,15,17);1H. The summed E-state index contributed by atoms with van der Waals surface area (Å²) in [6, 6.07) is 2.77. The Balaban J connectivity index is 0.00000162. The van der Waals surface area contributed by atoms with Crippen molar-refractivity contribution in [1.82, 2.24) is 5.32 Å². The summed E-state index contributed by atoms with van der Waals surface area (Å²) in [6.07, 6.45) is 1.82. The second kappa shape index (κ2) is 6.48. The van der Waals surface area contributed by atoms with Gasteiger partial charge < -0.3 is 15.7 Å². The molecule has 4 nitrogen and oxygen atoms in total. The van der Waals surface area contributed by atoms with Crippen LogP contribution in [0.3, 0.4) is 0 Å². The SMILES string of the molecule is Cl.O=C(Nc1cc(Cl)c(O)c(Cl)c1)C1CCCN1. The first kappa shape index (κ1) is 15.4. The molecule has 0 aliphatic carbocycles. The molecule has 1 aliphatic heterocycles. The van der Waals surface area contributed by atoms with Gasteiger partial charge in [-0.2, -0.15) is 0 Å². The molecule has 18 heavy (non-hydrogen) atoms. The minimum absolute atomic E-state index is 0. The van der Waals surface area contributed by atoms with Gasteiger partial charge in [-0.15, -0.1) is 12.4 Å². The highest BCUT2D eigenvalue weighted by Crippen LogP contribution is 2.34. The molecule has 0 saturated carbocycles. The molecule has 0 bridgehead atoms. The van der Waals surface area contributed by atoms with E-state index in [1.165, 1.54) is 12.1 Å². The molecule has 2 rings (SSSR count). The number of carbonyl (C=O) groups excluding carboxylic acids is 1. The predicted octanol–water partition coefficient (Wildman–Crippen LogP) is 2.81. The van der Waals surface area contributed by atoms with E-state index in [0.29, 0.717) is 5.69 Å². The van der Waals surface area contributed by atoms with Crippen LogP contribution in [0.25, 0.3) is 0 Å². The van der Waals surface area contributed by atoms with E-state index >= 15 is 0 Å². The topological polar surface area (TPSA) is 61.4 Å². The fourth-order valence-electron chi connectivity index (χ4n) is 1.78. The van der Waals surface area contributed by atoms with Crippen LogP contribution in [0.2, 0.25) is 10.0 Å². The Labute approximate surface area is 121 Å². The molecular weight excluding hydrogens is 298 g/mol. The number of anilines is 1. The van der Waals surface area contributed by atoms with Gasteiger partial charge in [0.05, 0.1) is 16.1 Å². The van der Waals surface area contributed by atoms with Crippen molar-refractivity contribution < 1.29 is 9.90 Å². The van der Waals surface area contributed by atoms with Gasteiger partial charge in [-0.1, -0.05) is 23.2 Å². The van der Waals surface area contributed by atoms with Crippen molar-refractivity contribution in [3.8, 4) is 5.75 Å². The van der Waals surface area contributed by atoms with E-state index in [1.54, 1.807) is 0 Å². The molecule has 1 aromatic carbocycles. The molecule has 1 unspecified atom stereocenters. The second-order valence-electron chi connectivity index (χ2n) is 3.93. The van der Waals surface area contributed by atoms with Gasteiger partial charge in [-0.05, 0) is 31.5 Å². The minimum Gasteiger partial charge on any atom is -0.505 e. The monoisotopic (exact) mass is 310 g/mol. The van der Waals surface area contributed by atoms with E-state index in [4.69, 9.17) is 23.2 Å². The van der Waals surface area contributed by atoms with Crippen LogP contribution in [-0.4, -0.2) is 23.6 Å². The number of rotatable bonds is 2. The lowest BCUT2D eigenvalue weighted by Crippen LogP contribution is -2.35. The minimum atomic E-state index is -0.176. The summed E-state index contributed by atoms with van der Waals surface area (Å²) in [4.78, 5) is 11.8. The van der Waals surface area contributed by atoms with E-state index in [1.807, 2.05) is 0 Å². The van der Waals surface area contributed by atoms with Crippen LogP contribution in [0, 0.1) is 0 Å². The van der Waals surface area contributed by atoms with Gasteiger partial charge in [-0.3, -0.25) is 4.79 Å². The maximum atomic E-state index is 11.8. The van der Waals surface area contributed by atoms with Crippen molar-refractivity contribution in [2.24, 2.45) is 0 Å². The molecule has 1 heterocycles. The highest BCUT2D eigenvalue weighted by atomic mass is 35.5. The number of halogens is 3. The Morgan fingerprint density at radius 1 is 1.39 bits per heavy atom. The first-order chi connectivity index (χ1) is 8.08. The molecule has 1 aliphatic rings. The van der Waals surface area contributed by atoms with Crippen LogP contribution in [0.5, 0.6) is 5.75 Å². The summed E-state index contributed by atoms with van der Waals surface area (Å²) in [7, 11) is 0. The van der Waals surface area contributed by atoms with Crippen molar-refractivity contribution in [1.29, 1.82) is 0 Å². The van der Waals surface area contributed by atoms with Crippen LogP contribution in [0.15, 0.2) is 12.1 Å². The second-order valence-corrected chi connectivity index (χ2v) is 4.74. The number of hydrogen-bond donors (Lipinski definition) is 3. The fourth-order valence-corrected chi connectivity index (χ4v) is 2.26. The van der Waals surface area contributed by atoms with E-state index < -0.39 is 0 Å². The number of nitrogens with one attached hydrogen (secondary N) is 2. The van der Waals surface area contributed by atoms with E-state index in [9.17, 15) is 9.90 Å². The van der Waals surface area contributed by atoms with Gasteiger partial charge in [-0.25, -0.2) is 0 Å². The van der Waals surface area contributed by atoms with Crippen molar-refractivity contribution >= 4 is 47.2 Å². The van der Waals surface area contributed by atoms with Crippen molar-refractivity contribution in [3.63, 3.8) is 0 Å². The summed E-state index contributed by atoms with van der Waals surface area (Å²) < 4.78 is 0. The summed E-state index contributed by atoms with van der Waals surface area (Å²) in [6.45, 7) is 0.856. The van der Waals surface area contributed by atoms with Gasteiger partial charge in [0.25, 0.3) is 0 Å².